The largest absolute Gasteiger partial charge is 0.481 e. The van der Waals surface area contributed by atoms with Crippen LogP contribution >= 0.6 is 0 Å². The second-order valence-electron chi connectivity index (χ2n) is 5.52. The van der Waals surface area contributed by atoms with Crippen LogP contribution < -0.4 is 5.32 Å². The molecule has 112 valence electrons. The third-order valence-electron chi connectivity index (χ3n) is 3.98. The molecule has 0 radical (unpaired) electrons. The number of rotatable bonds is 6. The standard InChI is InChI=1S/C14H23N3O3/c1-3-17(9-11(2)8-15)13(20)16-10-14(12(18)19)6-4-5-7-14/h11H,3-7,9-10H2,1-2H3,(H,16,20)(H,18,19). The summed E-state index contributed by atoms with van der Waals surface area (Å²) in [6, 6.07) is 1.80. The van der Waals surface area contributed by atoms with Gasteiger partial charge >= 0.3 is 12.0 Å². The van der Waals surface area contributed by atoms with E-state index in [0.29, 0.717) is 25.9 Å². The van der Waals surface area contributed by atoms with Crippen molar-refractivity contribution in [2.75, 3.05) is 19.6 Å². The van der Waals surface area contributed by atoms with Gasteiger partial charge in [0, 0.05) is 19.6 Å². The molecule has 0 aliphatic heterocycles. The summed E-state index contributed by atoms with van der Waals surface area (Å²) >= 11 is 0. The number of nitriles is 1. The second kappa shape index (κ2) is 7.13. The van der Waals surface area contributed by atoms with E-state index in [4.69, 9.17) is 5.26 Å². The fourth-order valence-corrected chi connectivity index (χ4v) is 2.60. The first-order valence-electron chi connectivity index (χ1n) is 7.11. The summed E-state index contributed by atoms with van der Waals surface area (Å²) in [5.41, 5.74) is -0.810. The monoisotopic (exact) mass is 281 g/mol. The molecule has 6 heteroatoms. The first-order valence-corrected chi connectivity index (χ1v) is 7.11. The van der Waals surface area contributed by atoms with E-state index in [-0.39, 0.29) is 18.5 Å². The molecule has 2 N–H and O–H groups in total. The van der Waals surface area contributed by atoms with Crippen LogP contribution in [-0.2, 0) is 4.79 Å². The number of nitrogens with one attached hydrogen (secondary N) is 1. The number of hydrogen-bond donors (Lipinski definition) is 2. The van der Waals surface area contributed by atoms with Gasteiger partial charge in [0.1, 0.15) is 0 Å². The number of carbonyl (C=O) groups excluding carboxylic acids is 1. The van der Waals surface area contributed by atoms with Crippen LogP contribution in [0, 0.1) is 22.7 Å². The van der Waals surface area contributed by atoms with E-state index < -0.39 is 11.4 Å². The minimum Gasteiger partial charge on any atom is -0.481 e. The van der Waals surface area contributed by atoms with E-state index in [2.05, 4.69) is 11.4 Å². The van der Waals surface area contributed by atoms with Crippen LogP contribution in [0.5, 0.6) is 0 Å². The highest BCUT2D eigenvalue weighted by molar-refractivity contribution is 5.78. The van der Waals surface area contributed by atoms with Crippen molar-refractivity contribution in [2.45, 2.75) is 39.5 Å². The van der Waals surface area contributed by atoms with Crippen LogP contribution in [0.3, 0.4) is 0 Å². The van der Waals surface area contributed by atoms with Gasteiger partial charge in [-0.25, -0.2) is 4.79 Å². The highest BCUT2D eigenvalue weighted by Gasteiger charge is 2.41. The molecule has 1 fully saturated rings. The predicted octanol–water partition coefficient (Wildman–Crippen LogP) is 1.82. The van der Waals surface area contributed by atoms with Crippen LogP contribution in [0.2, 0.25) is 0 Å². The molecule has 0 aromatic rings. The Morgan fingerprint density at radius 3 is 2.50 bits per heavy atom. The highest BCUT2D eigenvalue weighted by Crippen LogP contribution is 2.37. The smallest absolute Gasteiger partial charge is 0.317 e. The fraction of sp³-hybridized carbons (Fsp3) is 0.786. The molecule has 6 nitrogen and oxygen atoms in total. The molecule has 20 heavy (non-hydrogen) atoms. The Bertz CT molecular complexity index is 397. The van der Waals surface area contributed by atoms with Crippen LogP contribution in [0.4, 0.5) is 4.79 Å². The van der Waals surface area contributed by atoms with Crippen molar-refractivity contribution >= 4 is 12.0 Å². The fourth-order valence-electron chi connectivity index (χ4n) is 2.60. The Labute approximate surface area is 119 Å². The maximum Gasteiger partial charge on any atom is 0.317 e. The van der Waals surface area contributed by atoms with Crippen molar-refractivity contribution in [3.8, 4) is 6.07 Å². The summed E-state index contributed by atoms with van der Waals surface area (Å²) in [4.78, 5) is 25.0. The molecule has 0 heterocycles. The Balaban J connectivity index is 2.56. The molecule has 0 spiro atoms. The minimum atomic E-state index is -0.830. The van der Waals surface area contributed by atoms with E-state index in [1.54, 1.807) is 11.8 Å². The Morgan fingerprint density at radius 2 is 2.05 bits per heavy atom. The number of aliphatic carboxylic acids is 1. The first kappa shape index (κ1) is 16.3. The lowest BCUT2D eigenvalue weighted by molar-refractivity contribution is -0.148. The molecule has 0 aromatic heterocycles. The number of urea groups is 1. The quantitative estimate of drug-likeness (QED) is 0.776. The molecule has 1 saturated carbocycles. The lowest BCUT2D eigenvalue weighted by atomic mass is 9.86. The molecule has 2 amide bonds. The highest BCUT2D eigenvalue weighted by atomic mass is 16.4. The molecule has 1 aliphatic rings. The minimum absolute atomic E-state index is 0.165. The molecular weight excluding hydrogens is 258 g/mol. The molecule has 0 saturated heterocycles. The number of hydrogen-bond acceptors (Lipinski definition) is 3. The van der Waals surface area contributed by atoms with E-state index in [1.165, 1.54) is 0 Å². The van der Waals surface area contributed by atoms with Crippen LogP contribution in [0.1, 0.15) is 39.5 Å². The topological polar surface area (TPSA) is 93.4 Å². The van der Waals surface area contributed by atoms with E-state index in [0.717, 1.165) is 12.8 Å². The molecule has 1 aliphatic carbocycles. The molecule has 1 atom stereocenters. The van der Waals surface area contributed by atoms with Gasteiger partial charge in [0.05, 0.1) is 17.4 Å². The number of carbonyl (C=O) groups is 2. The van der Waals surface area contributed by atoms with Crippen molar-refractivity contribution in [3.05, 3.63) is 0 Å². The van der Waals surface area contributed by atoms with Crippen molar-refractivity contribution in [2.24, 2.45) is 11.3 Å². The molecule has 0 aromatic carbocycles. The molecule has 1 unspecified atom stereocenters. The van der Waals surface area contributed by atoms with E-state index in [9.17, 15) is 14.7 Å². The van der Waals surface area contributed by atoms with Gasteiger partial charge in [0.15, 0.2) is 0 Å². The summed E-state index contributed by atoms with van der Waals surface area (Å²) in [6.45, 7) is 4.62. The lowest BCUT2D eigenvalue weighted by Gasteiger charge is -2.27. The zero-order valence-electron chi connectivity index (χ0n) is 12.2. The predicted molar refractivity (Wildman–Crippen MR) is 74.0 cm³/mol. The number of amides is 2. The lowest BCUT2D eigenvalue weighted by Crippen LogP contribution is -2.47. The summed E-state index contributed by atoms with van der Waals surface area (Å²) in [6.07, 6.45) is 3.02. The van der Waals surface area contributed by atoms with Crippen LogP contribution in [0.15, 0.2) is 0 Å². The molecular formula is C14H23N3O3. The van der Waals surface area contributed by atoms with E-state index in [1.807, 2.05) is 6.92 Å². The van der Waals surface area contributed by atoms with Crippen molar-refractivity contribution in [1.29, 1.82) is 5.26 Å². The average Bonchev–Trinajstić information content (AvgIpc) is 2.92. The number of carboxylic acids is 1. The third-order valence-corrected chi connectivity index (χ3v) is 3.98. The van der Waals surface area contributed by atoms with Gasteiger partial charge < -0.3 is 15.3 Å². The zero-order chi connectivity index (χ0) is 15.2. The van der Waals surface area contributed by atoms with Crippen LogP contribution in [0.25, 0.3) is 0 Å². The van der Waals surface area contributed by atoms with Gasteiger partial charge in [-0.1, -0.05) is 12.8 Å². The van der Waals surface area contributed by atoms with Gasteiger partial charge in [-0.15, -0.1) is 0 Å². The van der Waals surface area contributed by atoms with Gasteiger partial charge in [-0.3, -0.25) is 4.79 Å². The molecule has 0 bridgehead atoms. The summed E-state index contributed by atoms with van der Waals surface area (Å²) in [5.74, 6) is -1.07. The maximum absolute atomic E-state index is 12.1. The average molecular weight is 281 g/mol. The second-order valence-corrected chi connectivity index (χ2v) is 5.52. The van der Waals surface area contributed by atoms with E-state index >= 15 is 0 Å². The Morgan fingerprint density at radius 1 is 1.45 bits per heavy atom. The molecule has 1 rings (SSSR count). The summed E-state index contributed by atoms with van der Waals surface area (Å²) in [5, 5.41) is 20.9. The van der Waals surface area contributed by atoms with Crippen molar-refractivity contribution < 1.29 is 14.7 Å². The zero-order valence-corrected chi connectivity index (χ0v) is 12.2. The maximum atomic E-state index is 12.1. The Kier molecular flexibility index (Phi) is 5.81. The number of carboxylic acid groups (broad SMARTS) is 1. The third kappa shape index (κ3) is 3.86. The van der Waals surface area contributed by atoms with Gasteiger partial charge in [0.2, 0.25) is 0 Å². The van der Waals surface area contributed by atoms with Crippen molar-refractivity contribution in [3.63, 3.8) is 0 Å². The number of nitrogens with zero attached hydrogens (tertiary/aromatic N) is 2. The van der Waals surface area contributed by atoms with Gasteiger partial charge in [-0.05, 0) is 26.7 Å². The SMILES string of the molecule is CCN(CC(C)C#N)C(=O)NCC1(C(=O)O)CCCC1. The Hall–Kier alpha value is -1.77. The van der Waals surface area contributed by atoms with Crippen molar-refractivity contribution in [1.82, 2.24) is 10.2 Å². The summed E-state index contributed by atoms with van der Waals surface area (Å²) in [7, 11) is 0. The summed E-state index contributed by atoms with van der Waals surface area (Å²) < 4.78 is 0. The first-order chi connectivity index (χ1) is 9.45. The van der Waals surface area contributed by atoms with Crippen LogP contribution in [-0.4, -0.2) is 41.6 Å². The van der Waals surface area contributed by atoms with Gasteiger partial charge in [-0.2, -0.15) is 5.26 Å². The van der Waals surface area contributed by atoms with Gasteiger partial charge in [0.25, 0.3) is 0 Å². The normalized spacial score (nSPS) is 18.1.